The van der Waals surface area contributed by atoms with E-state index >= 15 is 0 Å². The standard InChI is InChI=1S/C11H12O2S/c1-7-6-14-11-9(13-3)5-4-8(12-2)10(7)11/h4-6H,1-3H3. The van der Waals surface area contributed by atoms with Crippen LogP contribution in [0, 0.1) is 6.92 Å². The lowest BCUT2D eigenvalue weighted by molar-refractivity contribution is 0.411. The van der Waals surface area contributed by atoms with E-state index in [0.717, 1.165) is 21.6 Å². The Morgan fingerprint density at radius 1 is 1.07 bits per heavy atom. The Labute approximate surface area is 87.1 Å². The lowest BCUT2D eigenvalue weighted by atomic mass is 10.1. The zero-order chi connectivity index (χ0) is 10.1. The fourth-order valence-corrected chi connectivity index (χ4v) is 2.63. The summed E-state index contributed by atoms with van der Waals surface area (Å²) in [4.78, 5) is 0. The quantitative estimate of drug-likeness (QED) is 0.754. The minimum Gasteiger partial charge on any atom is -0.496 e. The number of hydrogen-bond donors (Lipinski definition) is 0. The Bertz CT molecular complexity index is 460. The van der Waals surface area contributed by atoms with Crippen LogP contribution in [0.15, 0.2) is 17.5 Å². The summed E-state index contributed by atoms with van der Waals surface area (Å²) in [6, 6.07) is 3.89. The van der Waals surface area contributed by atoms with Crippen molar-refractivity contribution in [1.29, 1.82) is 0 Å². The summed E-state index contributed by atoms with van der Waals surface area (Å²) in [6.07, 6.45) is 0. The second-order valence-corrected chi connectivity index (χ2v) is 3.97. The monoisotopic (exact) mass is 208 g/mol. The number of rotatable bonds is 2. The Morgan fingerprint density at radius 2 is 1.71 bits per heavy atom. The van der Waals surface area contributed by atoms with Gasteiger partial charge < -0.3 is 9.47 Å². The van der Waals surface area contributed by atoms with Gasteiger partial charge in [0, 0.05) is 5.39 Å². The van der Waals surface area contributed by atoms with Crippen LogP contribution in [-0.2, 0) is 0 Å². The minimum absolute atomic E-state index is 0.916. The van der Waals surface area contributed by atoms with Crippen LogP contribution in [-0.4, -0.2) is 14.2 Å². The Kier molecular flexibility index (Phi) is 2.33. The lowest BCUT2D eigenvalue weighted by Crippen LogP contribution is -1.87. The molecule has 0 N–H and O–H groups in total. The number of hydrogen-bond acceptors (Lipinski definition) is 3. The van der Waals surface area contributed by atoms with E-state index < -0.39 is 0 Å². The topological polar surface area (TPSA) is 18.5 Å². The van der Waals surface area contributed by atoms with E-state index in [4.69, 9.17) is 9.47 Å². The Hall–Kier alpha value is -1.22. The van der Waals surface area contributed by atoms with Gasteiger partial charge in [-0.15, -0.1) is 11.3 Å². The smallest absolute Gasteiger partial charge is 0.136 e. The molecule has 0 aliphatic heterocycles. The van der Waals surface area contributed by atoms with Crippen molar-refractivity contribution in [2.75, 3.05) is 14.2 Å². The molecule has 2 nitrogen and oxygen atoms in total. The van der Waals surface area contributed by atoms with Crippen LogP contribution in [0.3, 0.4) is 0 Å². The van der Waals surface area contributed by atoms with Gasteiger partial charge in [-0.1, -0.05) is 0 Å². The van der Waals surface area contributed by atoms with E-state index in [-0.39, 0.29) is 0 Å². The number of methoxy groups -OCH3 is 2. The number of benzene rings is 1. The van der Waals surface area contributed by atoms with Crippen molar-refractivity contribution in [3.8, 4) is 11.5 Å². The highest BCUT2D eigenvalue weighted by atomic mass is 32.1. The molecular weight excluding hydrogens is 196 g/mol. The third kappa shape index (κ3) is 1.24. The van der Waals surface area contributed by atoms with Crippen molar-refractivity contribution in [1.82, 2.24) is 0 Å². The van der Waals surface area contributed by atoms with E-state index in [1.54, 1.807) is 25.6 Å². The van der Waals surface area contributed by atoms with Crippen LogP contribution >= 0.6 is 11.3 Å². The molecular formula is C11H12O2S. The number of fused-ring (bicyclic) bond motifs is 1. The van der Waals surface area contributed by atoms with Crippen molar-refractivity contribution in [2.45, 2.75) is 6.92 Å². The van der Waals surface area contributed by atoms with Gasteiger partial charge in [0.1, 0.15) is 11.5 Å². The number of thiophene rings is 1. The van der Waals surface area contributed by atoms with E-state index in [1.165, 1.54) is 5.56 Å². The van der Waals surface area contributed by atoms with Gasteiger partial charge in [0.15, 0.2) is 0 Å². The van der Waals surface area contributed by atoms with E-state index in [9.17, 15) is 0 Å². The van der Waals surface area contributed by atoms with Crippen molar-refractivity contribution in [3.63, 3.8) is 0 Å². The molecule has 0 saturated carbocycles. The number of ether oxygens (including phenoxy) is 2. The molecule has 0 aliphatic carbocycles. The molecule has 14 heavy (non-hydrogen) atoms. The fourth-order valence-electron chi connectivity index (χ4n) is 1.57. The molecule has 1 aromatic carbocycles. The van der Waals surface area contributed by atoms with Crippen molar-refractivity contribution in [3.05, 3.63) is 23.1 Å². The van der Waals surface area contributed by atoms with Crippen molar-refractivity contribution >= 4 is 21.4 Å². The largest absolute Gasteiger partial charge is 0.496 e. The lowest BCUT2D eigenvalue weighted by Gasteiger charge is -2.06. The maximum atomic E-state index is 5.32. The maximum Gasteiger partial charge on any atom is 0.136 e. The number of aryl methyl sites for hydroxylation is 1. The first-order valence-corrected chi connectivity index (χ1v) is 5.24. The van der Waals surface area contributed by atoms with E-state index in [2.05, 4.69) is 12.3 Å². The second kappa shape index (κ2) is 3.50. The summed E-state index contributed by atoms with van der Waals surface area (Å²) in [5.74, 6) is 1.83. The van der Waals surface area contributed by atoms with Crippen LogP contribution in [0.4, 0.5) is 0 Å². The fraction of sp³-hybridized carbons (Fsp3) is 0.273. The molecule has 0 saturated heterocycles. The normalized spacial score (nSPS) is 10.5. The summed E-state index contributed by atoms with van der Waals surface area (Å²) in [6.45, 7) is 2.08. The molecule has 0 amide bonds. The zero-order valence-corrected chi connectivity index (χ0v) is 9.27. The van der Waals surface area contributed by atoms with E-state index in [0.29, 0.717) is 0 Å². The van der Waals surface area contributed by atoms with Gasteiger partial charge >= 0.3 is 0 Å². The molecule has 1 aromatic heterocycles. The highest BCUT2D eigenvalue weighted by Crippen LogP contribution is 2.39. The van der Waals surface area contributed by atoms with Gasteiger partial charge in [-0.2, -0.15) is 0 Å². The molecule has 2 aromatic rings. The molecule has 0 bridgehead atoms. The summed E-state index contributed by atoms with van der Waals surface area (Å²) in [5, 5.41) is 3.28. The first-order chi connectivity index (χ1) is 6.77. The molecule has 1 heterocycles. The molecule has 0 atom stereocenters. The van der Waals surface area contributed by atoms with Crippen LogP contribution in [0.1, 0.15) is 5.56 Å². The van der Waals surface area contributed by atoms with Gasteiger partial charge in [0.25, 0.3) is 0 Å². The third-order valence-electron chi connectivity index (χ3n) is 2.27. The van der Waals surface area contributed by atoms with E-state index in [1.807, 2.05) is 12.1 Å². The second-order valence-electron chi connectivity index (χ2n) is 3.09. The van der Waals surface area contributed by atoms with Gasteiger partial charge in [-0.25, -0.2) is 0 Å². The average molecular weight is 208 g/mol. The molecule has 0 fully saturated rings. The third-order valence-corrected chi connectivity index (χ3v) is 3.38. The van der Waals surface area contributed by atoms with Gasteiger partial charge in [0.2, 0.25) is 0 Å². The summed E-state index contributed by atoms with van der Waals surface area (Å²) in [5.41, 5.74) is 1.24. The highest BCUT2D eigenvalue weighted by Gasteiger charge is 2.10. The first-order valence-electron chi connectivity index (χ1n) is 4.36. The summed E-state index contributed by atoms with van der Waals surface area (Å²) >= 11 is 1.69. The maximum absolute atomic E-state index is 5.32. The average Bonchev–Trinajstić information content (AvgIpc) is 2.60. The highest BCUT2D eigenvalue weighted by molar-refractivity contribution is 7.17. The van der Waals surface area contributed by atoms with Crippen LogP contribution < -0.4 is 9.47 Å². The van der Waals surface area contributed by atoms with Gasteiger partial charge in [-0.3, -0.25) is 0 Å². The SMILES string of the molecule is COc1ccc(OC)c2c(C)csc12. The molecule has 74 valence electrons. The summed E-state index contributed by atoms with van der Waals surface area (Å²) < 4.78 is 11.8. The molecule has 0 spiro atoms. The van der Waals surface area contributed by atoms with Crippen LogP contribution in [0.25, 0.3) is 10.1 Å². The van der Waals surface area contributed by atoms with Gasteiger partial charge in [0.05, 0.1) is 18.9 Å². The van der Waals surface area contributed by atoms with Crippen LogP contribution in [0.5, 0.6) is 11.5 Å². The van der Waals surface area contributed by atoms with Gasteiger partial charge in [-0.05, 0) is 30.0 Å². The molecule has 0 unspecified atom stereocenters. The summed E-state index contributed by atoms with van der Waals surface area (Å²) in [7, 11) is 3.38. The first kappa shape index (κ1) is 9.34. The Morgan fingerprint density at radius 3 is 2.36 bits per heavy atom. The van der Waals surface area contributed by atoms with Crippen molar-refractivity contribution < 1.29 is 9.47 Å². The Balaban J connectivity index is 2.81. The molecule has 0 radical (unpaired) electrons. The predicted octanol–water partition coefficient (Wildman–Crippen LogP) is 3.23. The van der Waals surface area contributed by atoms with Crippen molar-refractivity contribution in [2.24, 2.45) is 0 Å². The molecule has 3 heteroatoms. The zero-order valence-electron chi connectivity index (χ0n) is 8.46. The van der Waals surface area contributed by atoms with Crippen LogP contribution in [0.2, 0.25) is 0 Å². The predicted molar refractivity (Wildman–Crippen MR) is 59.7 cm³/mol. The minimum atomic E-state index is 0.916. The molecule has 2 rings (SSSR count). The molecule has 0 aliphatic rings.